The lowest BCUT2D eigenvalue weighted by Gasteiger charge is -2.40. The van der Waals surface area contributed by atoms with Gasteiger partial charge in [0.25, 0.3) is 0 Å². The molecular formula is C19H26Cl2N2O2. The average molecular weight is 385 g/mol. The first-order valence-corrected chi connectivity index (χ1v) is 9.87. The number of likely N-dealkylation sites (tertiary alicyclic amines) is 1. The Morgan fingerprint density at radius 1 is 1.16 bits per heavy atom. The smallest absolute Gasteiger partial charge is 0.242 e. The molecule has 138 valence electrons. The monoisotopic (exact) mass is 384 g/mol. The maximum absolute atomic E-state index is 12.8. The van der Waals surface area contributed by atoms with E-state index in [0.717, 1.165) is 57.2 Å². The summed E-state index contributed by atoms with van der Waals surface area (Å²) >= 11 is 12.0. The van der Waals surface area contributed by atoms with Crippen molar-refractivity contribution >= 4 is 29.1 Å². The van der Waals surface area contributed by atoms with Crippen LogP contribution < -0.4 is 5.73 Å². The van der Waals surface area contributed by atoms with Gasteiger partial charge in [-0.2, -0.15) is 0 Å². The first kappa shape index (κ1) is 19.0. The van der Waals surface area contributed by atoms with Crippen LogP contribution in [0.3, 0.4) is 0 Å². The number of carbonyl (C=O) groups excluding carboxylic acids is 1. The molecule has 0 atom stereocenters. The van der Waals surface area contributed by atoms with Crippen molar-refractivity contribution in [2.24, 2.45) is 5.73 Å². The molecule has 0 unspecified atom stereocenters. The second-order valence-electron chi connectivity index (χ2n) is 7.27. The van der Waals surface area contributed by atoms with Crippen molar-refractivity contribution in [2.75, 3.05) is 13.1 Å². The number of carbonyl (C=O) groups is 1. The van der Waals surface area contributed by atoms with Crippen LogP contribution in [0.5, 0.6) is 0 Å². The fourth-order valence-corrected chi connectivity index (χ4v) is 4.10. The summed E-state index contributed by atoms with van der Waals surface area (Å²) in [6.07, 6.45) is 6.82. The van der Waals surface area contributed by atoms with Crippen LogP contribution in [0.4, 0.5) is 0 Å². The Bertz CT molecular complexity index is 609. The van der Waals surface area contributed by atoms with E-state index in [4.69, 9.17) is 33.7 Å². The first-order chi connectivity index (χ1) is 12.0. The van der Waals surface area contributed by atoms with Crippen LogP contribution in [0, 0.1) is 0 Å². The fourth-order valence-electron chi connectivity index (χ4n) is 3.78. The number of rotatable bonds is 4. The van der Waals surface area contributed by atoms with E-state index >= 15 is 0 Å². The van der Waals surface area contributed by atoms with Crippen LogP contribution >= 0.6 is 23.2 Å². The molecule has 1 saturated carbocycles. The van der Waals surface area contributed by atoms with Crippen LogP contribution in [0.1, 0.15) is 50.5 Å². The summed E-state index contributed by atoms with van der Waals surface area (Å²) in [5, 5.41) is 1.10. The van der Waals surface area contributed by atoms with Crippen molar-refractivity contribution in [3.05, 3.63) is 33.8 Å². The summed E-state index contributed by atoms with van der Waals surface area (Å²) < 4.78 is 5.99. The molecule has 1 saturated heterocycles. The third-order valence-electron chi connectivity index (χ3n) is 5.37. The number of halogens is 2. The molecule has 1 amide bonds. The quantitative estimate of drug-likeness (QED) is 0.847. The van der Waals surface area contributed by atoms with Crippen LogP contribution in [-0.2, 0) is 16.1 Å². The molecule has 2 N–H and O–H groups in total. The lowest BCUT2D eigenvalue weighted by Crippen LogP contribution is -2.58. The second-order valence-corrected chi connectivity index (χ2v) is 8.08. The van der Waals surface area contributed by atoms with E-state index in [-0.39, 0.29) is 12.0 Å². The number of hydrogen-bond donors (Lipinski definition) is 1. The molecule has 2 fully saturated rings. The summed E-state index contributed by atoms with van der Waals surface area (Å²) in [4.78, 5) is 14.7. The van der Waals surface area contributed by atoms with Crippen molar-refractivity contribution in [1.82, 2.24) is 4.90 Å². The molecule has 2 aliphatic rings. The van der Waals surface area contributed by atoms with E-state index in [1.165, 1.54) is 6.42 Å². The largest absolute Gasteiger partial charge is 0.373 e. The number of hydrogen-bond acceptors (Lipinski definition) is 3. The Hall–Kier alpha value is -0.810. The van der Waals surface area contributed by atoms with Crippen molar-refractivity contribution in [2.45, 2.75) is 63.2 Å². The van der Waals surface area contributed by atoms with E-state index < -0.39 is 5.54 Å². The topological polar surface area (TPSA) is 55.6 Å². The summed E-state index contributed by atoms with van der Waals surface area (Å²) in [6, 6.07) is 5.55. The number of piperidine rings is 1. The van der Waals surface area contributed by atoms with Crippen LogP contribution in [-0.4, -0.2) is 35.5 Å². The SMILES string of the molecule is NC1(C(=O)N2CCC(OCc3ccc(Cl)c(Cl)c3)CC2)CCCCC1. The number of ether oxygens (including phenoxy) is 1. The molecule has 0 aromatic heterocycles. The maximum Gasteiger partial charge on any atom is 0.242 e. The molecule has 1 aliphatic carbocycles. The number of amides is 1. The molecule has 1 aromatic carbocycles. The minimum Gasteiger partial charge on any atom is -0.373 e. The third-order valence-corrected chi connectivity index (χ3v) is 6.11. The highest BCUT2D eigenvalue weighted by Crippen LogP contribution is 2.29. The predicted octanol–water partition coefficient (Wildman–Crippen LogP) is 4.16. The molecule has 3 rings (SSSR count). The minimum atomic E-state index is -0.633. The Morgan fingerprint density at radius 3 is 2.48 bits per heavy atom. The number of nitrogens with zero attached hydrogens (tertiary/aromatic N) is 1. The van der Waals surface area contributed by atoms with Crippen LogP contribution in [0.2, 0.25) is 10.0 Å². The zero-order chi connectivity index (χ0) is 17.9. The lowest BCUT2D eigenvalue weighted by molar-refractivity contribution is -0.141. The van der Waals surface area contributed by atoms with Crippen LogP contribution in [0.15, 0.2) is 18.2 Å². The lowest BCUT2D eigenvalue weighted by atomic mass is 9.81. The van der Waals surface area contributed by atoms with Crippen molar-refractivity contribution in [1.29, 1.82) is 0 Å². The minimum absolute atomic E-state index is 0.134. The van der Waals surface area contributed by atoms with Gasteiger partial charge in [-0.3, -0.25) is 4.79 Å². The van der Waals surface area contributed by atoms with Gasteiger partial charge in [0.15, 0.2) is 0 Å². The Morgan fingerprint density at radius 2 is 1.84 bits per heavy atom. The van der Waals surface area contributed by atoms with Gasteiger partial charge in [-0.1, -0.05) is 48.5 Å². The average Bonchev–Trinajstić information content (AvgIpc) is 2.63. The molecular weight excluding hydrogens is 359 g/mol. The highest BCUT2D eigenvalue weighted by molar-refractivity contribution is 6.42. The number of nitrogens with two attached hydrogens (primary N) is 1. The third kappa shape index (κ3) is 4.68. The Kier molecular flexibility index (Phi) is 6.26. The van der Waals surface area contributed by atoms with E-state index in [1.807, 2.05) is 17.0 Å². The van der Waals surface area contributed by atoms with Gasteiger partial charge in [0, 0.05) is 13.1 Å². The Labute approximate surface area is 159 Å². The second kappa shape index (κ2) is 8.26. The van der Waals surface area contributed by atoms with E-state index in [9.17, 15) is 4.79 Å². The summed E-state index contributed by atoms with van der Waals surface area (Å²) in [5.41, 5.74) is 6.76. The zero-order valence-electron chi connectivity index (χ0n) is 14.5. The molecule has 1 aromatic rings. The van der Waals surface area contributed by atoms with Gasteiger partial charge in [-0.05, 0) is 43.4 Å². The predicted molar refractivity (Wildman–Crippen MR) is 101 cm³/mol. The van der Waals surface area contributed by atoms with Gasteiger partial charge in [0.2, 0.25) is 5.91 Å². The first-order valence-electron chi connectivity index (χ1n) is 9.12. The maximum atomic E-state index is 12.8. The van der Waals surface area contributed by atoms with E-state index in [1.54, 1.807) is 6.07 Å². The highest BCUT2D eigenvalue weighted by Gasteiger charge is 2.39. The molecule has 0 spiro atoms. The molecule has 25 heavy (non-hydrogen) atoms. The molecule has 0 bridgehead atoms. The van der Waals surface area contributed by atoms with E-state index in [2.05, 4.69) is 0 Å². The summed E-state index contributed by atoms with van der Waals surface area (Å²) in [6.45, 7) is 1.96. The molecule has 6 heteroatoms. The van der Waals surface area contributed by atoms with Gasteiger partial charge < -0.3 is 15.4 Å². The standard InChI is InChI=1S/C19H26Cl2N2O2/c20-16-5-4-14(12-17(16)21)13-25-15-6-10-23(11-7-15)18(24)19(22)8-2-1-3-9-19/h4-5,12,15H,1-3,6-11,13,22H2. The summed E-state index contributed by atoms with van der Waals surface area (Å²) in [5.74, 6) is 0.134. The normalized spacial score (nSPS) is 21.3. The van der Waals surface area contributed by atoms with Crippen molar-refractivity contribution in [3.63, 3.8) is 0 Å². The van der Waals surface area contributed by atoms with Crippen LogP contribution in [0.25, 0.3) is 0 Å². The van der Waals surface area contributed by atoms with Gasteiger partial charge in [0.1, 0.15) is 0 Å². The van der Waals surface area contributed by atoms with Gasteiger partial charge in [0.05, 0.1) is 28.3 Å². The molecule has 0 radical (unpaired) electrons. The van der Waals surface area contributed by atoms with E-state index in [0.29, 0.717) is 16.7 Å². The fraction of sp³-hybridized carbons (Fsp3) is 0.632. The summed E-state index contributed by atoms with van der Waals surface area (Å²) in [7, 11) is 0. The molecule has 1 heterocycles. The van der Waals surface area contributed by atoms with Gasteiger partial charge in [-0.15, -0.1) is 0 Å². The number of benzene rings is 1. The van der Waals surface area contributed by atoms with Crippen molar-refractivity contribution in [3.8, 4) is 0 Å². The van der Waals surface area contributed by atoms with Crippen molar-refractivity contribution < 1.29 is 9.53 Å². The van der Waals surface area contributed by atoms with Gasteiger partial charge >= 0.3 is 0 Å². The zero-order valence-corrected chi connectivity index (χ0v) is 16.0. The highest BCUT2D eigenvalue weighted by atomic mass is 35.5. The van der Waals surface area contributed by atoms with Gasteiger partial charge in [-0.25, -0.2) is 0 Å². The molecule has 1 aliphatic heterocycles. The molecule has 4 nitrogen and oxygen atoms in total. The Balaban J connectivity index is 1.46.